The van der Waals surface area contributed by atoms with Crippen molar-refractivity contribution < 1.29 is 9.90 Å². The lowest BCUT2D eigenvalue weighted by Gasteiger charge is -2.27. The first-order valence-electron chi connectivity index (χ1n) is 7.42. The number of carbonyl (C=O) groups excluding carboxylic acids is 1. The van der Waals surface area contributed by atoms with Gasteiger partial charge in [0.1, 0.15) is 0 Å². The highest BCUT2D eigenvalue weighted by molar-refractivity contribution is 5.79. The molecule has 0 aromatic carbocycles. The molecule has 1 amide bonds. The standard InChI is InChI=1S/C14H24N2O2/c17-10-11-7-14(18)16(8-11)13-5-6-15(9-13)12-3-1-2-4-12/h11-13,17H,1-10H2. The quantitative estimate of drug-likeness (QED) is 0.809. The molecule has 3 fully saturated rings. The van der Waals surface area contributed by atoms with E-state index >= 15 is 0 Å². The molecule has 3 rings (SSSR count). The van der Waals surface area contributed by atoms with E-state index in [1.54, 1.807) is 0 Å². The topological polar surface area (TPSA) is 43.8 Å². The molecule has 18 heavy (non-hydrogen) atoms. The Bertz CT molecular complexity index is 315. The van der Waals surface area contributed by atoms with E-state index < -0.39 is 0 Å². The summed E-state index contributed by atoms with van der Waals surface area (Å²) < 4.78 is 0. The minimum atomic E-state index is 0.154. The van der Waals surface area contributed by atoms with Crippen LogP contribution in [0.25, 0.3) is 0 Å². The van der Waals surface area contributed by atoms with Crippen LogP contribution in [0.2, 0.25) is 0 Å². The Labute approximate surface area is 109 Å². The van der Waals surface area contributed by atoms with Crippen LogP contribution in [0.3, 0.4) is 0 Å². The van der Waals surface area contributed by atoms with E-state index in [9.17, 15) is 9.90 Å². The highest BCUT2D eigenvalue weighted by Crippen LogP contribution is 2.30. The van der Waals surface area contributed by atoms with Gasteiger partial charge in [0, 0.05) is 50.7 Å². The van der Waals surface area contributed by atoms with E-state index in [1.807, 2.05) is 4.90 Å². The zero-order valence-electron chi connectivity index (χ0n) is 11.1. The van der Waals surface area contributed by atoms with Gasteiger partial charge in [-0.05, 0) is 19.3 Å². The maximum atomic E-state index is 12.0. The smallest absolute Gasteiger partial charge is 0.223 e. The molecular weight excluding hydrogens is 228 g/mol. The molecule has 1 N–H and O–H groups in total. The van der Waals surface area contributed by atoms with Crippen molar-refractivity contribution >= 4 is 5.91 Å². The van der Waals surface area contributed by atoms with Crippen molar-refractivity contribution in [1.29, 1.82) is 0 Å². The van der Waals surface area contributed by atoms with Crippen LogP contribution in [0.4, 0.5) is 0 Å². The van der Waals surface area contributed by atoms with Crippen molar-refractivity contribution in [2.45, 2.75) is 50.6 Å². The van der Waals surface area contributed by atoms with Crippen molar-refractivity contribution in [3.05, 3.63) is 0 Å². The lowest BCUT2D eigenvalue weighted by atomic mass is 10.1. The first-order valence-corrected chi connectivity index (χ1v) is 7.42. The Balaban J connectivity index is 1.56. The van der Waals surface area contributed by atoms with Crippen LogP contribution in [0.5, 0.6) is 0 Å². The Kier molecular flexibility index (Phi) is 3.57. The Morgan fingerprint density at radius 2 is 1.89 bits per heavy atom. The fraction of sp³-hybridized carbons (Fsp3) is 0.929. The normalized spacial score (nSPS) is 34.9. The second-order valence-electron chi connectivity index (χ2n) is 6.17. The SMILES string of the molecule is O=C1CC(CO)CN1C1CCN(C2CCCC2)C1. The molecule has 2 aliphatic heterocycles. The van der Waals surface area contributed by atoms with Gasteiger partial charge in [-0.3, -0.25) is 9.69 Å². The Morgan fingerprint density at radius 3 is 2.56 bits per heavy atom. The van der Waals surface area contributed by atoms with Crippen molar-refractivity contribution in [1.82, 2.24) is 9.80 Å². The predicted molar refractivity (Wildman–Crippen MR) is 69.1 cm³/mol. The van der Waals surface area contributed by atoms with Gasteiger partial charge in [0.15, 0.2) is 0 Å². The second kappa shape index (κ2) is 5.17. The molecule has 0 bridgehead atoms. The van der Waals surface area contributed by atoms with E-state index in [0.717, 1.165) is 32.1 Å². The third kappa shape index (κ3) is 2.28. The summed E-state index contributed by atoms with van der Waals surface area (Å²) in [6.45, 7) is 3.15. The van der Waals surface area contributed by atoms with E-state index in [2.05, 4.69) is 4.90 Å². The lowest BCUT2D eigenvalue weighted by Crippen LogP contribution is -2.40. The number of carbonyl (C=O) groups is 1. The van der Waals surface area contributed by atoms with Gasteiger partial charge in [-0.15, -0.1) is 0 Å². The number of aliphatic hydroxyl groups is 1. The van der Waals surface area contributed by atoms with Crippen LogP contribution >= 0.6 is 0 Å². The zero-order chi connectivity index (χ0) is 12.5. The molecule has 1 saturated carbocycles. The molecule has 0 aromatic heterocycles. The number of likely N-dealkylation sites (tertiary alicyclic amines) is 2. The zero-order valence-corrected chi connectivity index (χ0v) is 11.1. The monoisotopic (exact) mass is 252 g/mol. The van der Waals surface area contributed by atoms with Crippen LogP contribution < -0.4 is 0 Å². The summed E-state index contributed by atoms with van der Waals surface area (Å²) in [6.07, 6.45) is 7.12. The largest absolute Gasteiger partial charge is 0.396 e. The predicted octanol–water partition coefficient (Wildman–Crippen LogP) is 0.844. The van der Waals surface area contributed by atoms with Gasteiger partial charge in [0.05, 0.1) is 0 Å². The molecule has 0 spiro atoms. The molecule has 3 aliphatic rings. The van der Waals surface area contributed by atoms with Crippen molar-refractivity contribution in [3.63, 3.8) is 0 Å². The molecular formula is C14H24N2O2. The number of rotatable bonds is 3. The third-order valence-electron chi connectivity index (χ3n) is 4.97. The molecule has 2 saturated heterocycles. The summed E-state index contributed by atoms with van der Waals surface area (Å²) in [5, 5.41) is 9.18. The number of hydrogen-bond donors (Lipinski definition) is 1. The van der Waals surface area contributed by atoms with Gasteiger partial charge >= 0.3 is 0 Å². The maximum Gasteiger partial charge on any atom is 0.223 e. The van der Waals surface area contributed by atoms with Gasteiger partial charge in [0.2, 0.25) is 5.91 Å². The second-order valence-corrected chi connectivity index (χ2v) is 6.17. The number of aliphatic hydroxyl groups excluding tert-OH is 1. The molecule has 2 heterocycles. The summed E-state index contributed by atoms with van der Waals surface area (Å²) in [5.41, 5.74) is 0. The minimum Gasteiger partial charge on any atom is -0.396 e. The van der Waals surface area contributed by atoms with Crippen LogP contribution in [-0.2, 0) is 4.79 Å². The van der Waals surface area contributed by atoms with E-state index in [4.69, 9.17) is 0 Å². The van der Waals surface area contributed by atoms with E-state index in [0.29, 0.717) is 12.5 Å². The molecule has 4 heteroatoms. The van der Waals surface area contributed by atoms with E-state index in [-0.39, 0.29) is 18.4 Å². The Morgan fingerprint density at radius 1 is 1.11 bits per heavy atom. The number of amides is 1. The molecule has 4 nitrogen and oxygen atoms in total. The maximum absolute atomic E-state index is 12.0. The average molecular weight is 252 g/mol. The summed E-state index contributed by atoms with van der Waals surface area (Å²) >= 11 is 0. The van der Waals surface area contributed by atoms with Crippen LogP contribution in [0.1, 0.15) is 38.5 Å². The number of nitrogens with zero attached hydrogens (tertiary/aromatic N) is 2. The summed E-state index contributed by atoms with van der Waals surface area (Å²) in [5.74, 6) is 0.436. The third-order valence-corrected chi connectivity index (χ3v) is 4.97. The Hall–Kier alpha value is -0.610. The lowest BCUT2D eigenvalue weighted by molar-refractivity contribution is -0.129. The average Bonchev–Trinajstić information content (AvgIpc) is 3.08. The fourth-order valence-corrected chi connectivity index (χ4v) is 3.91. The minimum absolute atomic E-state index is 0.154. The highest BCUT2D eigenvalue weighted by Gasteiger charge is 2.38. The summed E-state index contributed by atoms with van der Waals surface area (Å²) in [6, 6.07) is 1.19. The first-order chi connectivity index (χ1) is 8.78. The summed E-state index contributed by atoms with van der Waals surface area (Å²) in [7, 11) is 0. The van der Waals surface area contributed by atoms with Crippen LogP contribution in [0.15, 0.2) is 0 Å². The van der Waals surface area contributed by atoms with Crippen molar-refractivity contribution in [3.8, 4) is 0 Å². The van der Waals surface area contributed by atoms with Gasteiger partial charge in [0.25, 0.3) is 0 Å². The van der Waals surface area contributed by atoms with Crippen LogP contribution in [-0.4, -0.2) is 59.1 Å². The highest BCUT2D eigenvalue weighted by atomic mass is 16.3. The van der Waals surface area contributed by atoms with Crippen molar-refractivity contribution in [2.24, 2.45) is 5.92 Å². The number of hydrogen-bond acceptors (Lipinski definition) is 3. The van der Waals surface area contributed by atoms with Crippen molar-refractivity contribution in [2.75, 3.05) is 26.2 Å². The molecule has 1 aliphatic carbocycles. The van der Waals surface area contributed by atoms with Gasteiger partial charge in [-0.2, -0.15) is 0 Å². The molecule has 2 atom stereocenters. The molecule has 0 radical (unpaired) electrons. The van der Waals surface area contributed by atoms with Gasteiger partial charge in [-0.25, -0.2) is 0 Å². The van der Waals surface area contributed by atoms with Gasteiger partial charge in [-0.1, -0.05) is 12.8 Å². The molecule has 2 unspecified atom stereocenters. The first kappa shape index (κ1) is 12.4. The summed E-state index contributed by atoms with van der Waals surface area (Å²) in [4.78, 5) is 16.6. The van der Waals surface area contributed by atoms with Gasteiger partial charge < -0.3 is 10.0 Å². The fourth-order valence-electron chi connectivity index (χ4n) is 3.91. The molecule has 0 aromatic rings. The molecule has 102 valence electrons. The van der Waals surface area contributed by atoms with Crippen LogP contribution in [0, 0.1) is 5.92 Å². The van der Waals surface area contributed by atoms with E-state index in [1.165, 1.54) is 25.7 Å².